The molecule has 0 radical (unpaired) electrons. The largest absolute Gasteiger partial charge is 0.366 e. The molecule has 1 fully saturated rings. The molecule has 0 aromatic carbocycles. The molecule has 1 nitrogen and oxygen atoms in total. The van der Waals surface area contributed by atoms with Crippen LogP contribution >= 0.6 is 35.7 Å². The van der Waals surface area contributed by atoms with Crippen LogP contribution in [-0.2, 0) is 4.74 Å². The smallest absolute Gasteiger partial charge is 0.118 e. The third kappa shape index (κ3) is 4.12. The number of rotatable bonds is 5. The van der Waals surface area contributed by atoms with E-state index in [-0.39, 0.29) is 0 Å². The van der Waals surface area contributed by atoms with Crippen LogP contribution in [0.15, 0.2) is 0 Å². The van der Waals surface area contributed by atoms with Crippen molar-refractivity contribution >= 4 is 39.3 Å². The highest BCUT2D eigenvalue weighted by atomic mass is 32.2. The van der Waals surface area contributed by atoms with E-state index in [1.165, 1.54) is 19.3 Å². The van der Waals surface area contributed by atoms with Crippen molar-refractivity contribution < 1.29 is 4.74 Å². The minimum absolute atomic E-state index is 0.333. The monoisotopic (exact) mass is 222 g/mol. The standard InChI is InChI=1S/C8H14OS3/c1-2-3-4-5-9-7-6-11-8(10)12-7/h7H,2-6H2,1H3. The highest BCUT2D eigenvalue weighted by Gasteiger charge is 2.20. The van der Waals surface area contributed by atoms with Gasteiger partial charge in [-0.25, -0.2) is 0 Å². The third-order valence-corrected chi connectivity index (χ3v) is 4.58. The van der Waals surface area contributed by atoms with Gasteiger partial charge in [0.25, 0.3) is 0 Å². The molecule has 0 saturated carbocycles. The van der Waals surface area contributed by atoms with Crippen molar-refractivity contribution in [2.24, 2.45) is 0 Å². The molecule has 1 heterocycles. The van der Waals surface area contributed by atoms with Crippen LogP contribution < -0.4 is 0 Å². The van der Waals surface area contributed by atoms with Gasteiger partial charge in [0.05, 0.1) is 0 Å². The van der Waals surface area contributed by atoms with Crippen molar-refractivity contribution in [1.29, 1.82) is 0 Å². The maximum atomic E-state index is 5.63. The first kappa shape index (κ1) is 10.8. The number of hydrogen-bond donors (Lipinski definition) is 0. The molecule has 1 aliphatic rings. The fourth-order valence-electron chi connectivity index (χ4n) is 0.960. The summed E-state index contributed by atoms with van der Waals surface area (Å²) in [5, 5.41) is 0. The molecule has 70 valence electrons. The second-order valence-corrected chi connectivity index (χ2v) is 6.07. The number of thioether (sulfide) groups is 2. The van der Waals surface area contributed by atoms with Crippen molar-refractivity contribution in [3.05, 3.63) is 0 Å². The first-order valence-corrected chi connectivity index (χ1v) is 6.55. The second-order valence-electron chi connectivity index (χ2n) is 2.69. The van der Waals surface area contributed by atoms with Crippen LogP contribution in [0, 0.1) is 0 Å². The first-order chi connectivity index (χ1) is 5.83. The first-order valence-electron chi connectivity index (χ1n) is 4.28. The second kappa shape index (κ2) is 6.24. The minimum Gasteiger partial charge on any atom is -0.366 e. The van der Waals surface area contributed by atoms with Crippen LogP contribution in [0.4, 0.5) is 0 Å². The van der Waals surface area contributed by atoms with Crippen molar-refractivity contribution in [1.82, 2.24) is 0 Å². The number of thiocarbonyl (C=S) groups is 1. The molecule has 0 spiro atoms. The molecular formula is C8H14OS3. The molecule has 12 heavy (non-hydrogen) atoms. The highest BCUT2D eigenvalue weighted by Crippen LogP contribution is 2.33. The Kier molecular flexibility index (Phi) is 5.63. The van der Waals surface area contributed by atoms with Crippen molar-refractivity contribution in [2.45, 2.75) is 31.6 Å². The summed E-state index contributed by atoms with van der Waals surface area (Å²) < 4.78 is 6.67. The molecule has 0 bridgehead atoms. The lowest BCUT2D eigenvalue weighted by Gasteiger charge is -2.07. The lowest BCUT2D eigenvalue weighted by Crippen LogP contribution is -2.08. The van der Waals surface area contributed by atoms with E-state index in [1.807, 2.05) is 0 Å². The van der Waals surface area contributed by atoms with Gasteiger partial charge in [-0.05, 0) is 6.42 Å². The molecule has 0 amide bonds. The van der Waals surface area contributed by atoms with Crippen molar-refractivity contribution in [2.75, 3.05) is 12.4 Å². The molecule has 1 aliphatic heterocycles. The summed E-state index contributed by atoms with van der Waals surface area (Å²) in [7, 11) is 0. The summed E-state index contributed by atoms with van der Waals surface area (Å²) in [5.74, 6) is 1.04. The van der Waals surface area contributed by atoms with Crippen LogP contribution in [-0.4, -0.2) is 21.3 Å². The Labute approximate surface area is 88.0 Å². The minimum atomic E-state index is 0.333. The van der Waals surface area contributed by atoms with E-state index >= 15 is 0 Å². The van der Waals surface area contributed by atoms with Gasteiger partial charge in [0, 0.05) is 12.4 Å². The molecule has 4 heteroatoms. The average molecular weight is 222 g/mol. The van der Waals surface area contributed by atoms with E-state index in [0.29, 0.717) is 5.44 Å². The fraction of sp³-hybridized carbons (Fsp3) is 0.875. The van der Waals surface area contributed by atoms with E-state index in [1.54, 1.807) is 23.5 Å². The Morgan fingerprint density at radius 3 is 3.00 bits per heavy atom. The normalized spacial score (nSPS) is 23.4. The van der Waals surface area contributed by atoms with Gasteiger partial charge in [-0.3, -0.25) is 0 Å². The SMILES string of the molecule is CCCCCOC1CSC(=S)S1. The summed E-state index contributed by atoms with van der Waals surface area (Å²) in [6, 6.07) is 0. The van der Waals surface area contributed by atoms with E-state index in [0.717, 1.165) is 15.9 Å². The van der Waals surface area contributed by atoms with Gasteiger partial charge < -0.3 is 4.74 Å². The summed E-state index contributed by atoms with van der Waals surface area (Å²) in [6.07, 6.45) is 3.72. The lowest BCUT2D eigenvalue weighted by atomic mass is 10.3. The Morgan fingerprint density at radius 2 is 2.42 bits per heavy atom. The fourth-order valence-corrected chi connectivity index (χ4v) is 3.51. The van der Waals surface area contributed by atoms with Crippen LogP contribution in [0.2, 0.25) is 0 Å². The van der Waals surface area contributed by atoms with Crippen molar-refractivity contribution in [3.63, 3.8) is 0 Å². The van der Waals surface area contributed by atoms with Gasteiger partial charge in [-0.2, -0.15) is 0 Å². The van der Waals surface area contributed by atoms with Crippen molar-refractivity contribution in [3.8, 4) is 0 Å². The van der Waals surface area contributed by atoms with Crippen LogP contribution in [0.1, 0.15) is 26.2 Å². The average Bonchev–Trinajstić information content (AvgIpc) is 2.45. The summed E-state index contributed by atoms with van der Waals surface area (Å²) in [6.45, 7) is 3.10. The molecule has 0 aromatic heterocycles. The zero-order valence-electron chi connectivity index (χ0n) is 7.25. The molecule has 0 N–H and O–H groups in total. The molecule has 1 atom stereocenters. The number of unbranched alkanes of at least 4 members (excludes halogenated alkanes) is 2. The number of hydrogen-bond acceptors (Lipinski definition) is 4. The Hall–Kier alpha value is 0.750. The van der Waals surface area contributed by atoms with Gasteiger partial charge in [-0.15, -0.1) is 11.8 Å². The molecule has 1 saturated heterocycles. The van der Waals surface area contributed by atoms with Crippen LogP contribution in [0.3, 0.4) is 0 Å². The molecule has 1 unspecified atom stereocenters. The summed E-state index contributed by atoms with van der Waals surface area (Å²) >= 11 is 8.48. The quantitative estimate of drug-likeness (QED) is 0.521. The Bertz CT molecular complexity index is 149. The number of ether oxygens (including phenoxy) is 1. The maximum absolute atomic E-state index is 5.63. The third-order valence-electron chi connectivity index (χ3n) is 1.62. The molecular weight excluding hydrogens is 208 g/mol. The van der Waals surface area contributed by atoms with Gasteiger partial charge in [0.2, 0.25) is 0 Å². The zero-order chi connectivity index (χ0) is 8.81. The lowest BCUT2D eigenvalue weighted by molar-refractivity contribution is 0.124. The maximum Gasteiger partial charge on any atom is 0.118 e. The van der Waals surface area contributed by atoms with Gasteiger partial charge >= 0.3 is 0 Å². The van der Waals surface area contributed by atoms with Gasteiger partial charge in [-0.1, -0.05) is 43.7 Å². The van der Waals surface area contributed by atoms with Crippen LogP contribution in [0.25, 0.3) is 0 Å². The topological polar surface area (TPSA) is 9.23 Å². The Morgan fingerprint density at radius 1 is 1.58 bits per heavy atom. The molecule has 0 aromatic rings. The molecule has 1 rings (SSSR count). The zero-order valence-corrected chi connectivity index (χ0v) is 9.70. The molecule has 0 aliphatic carbocycles. The summed E-state index contributed by atoms with van der Waals surface area (Å²) in [4.78, 5) is 0. The Balaban J connectivity index is 1.97. The highest BCUT2D eigenvalue weighted by molar-refractivity contribution is 8.49. The predicted octanol–water partition coefficient (Wildman–Crippen LogP) is 3.28. The summed E-state index contributed by atoms with van der Waals surface area (Å²) in [5.41, 5.74) is 0.333. The van der Waals surface area contributed by atoms with E-state index in [4.69, 9.17) is 17.0 Å². The predicted molar refractivity (Wildman–Crippen MR) is 61.9 cm³/mol. The van der Waals surface area contributed by atoms with Gasteiger partial charge in [0.15, 0.2) is 0 Å². The van der Waals surface area contributed by atoms with Crippen LogP contribution in [0.5, 0.6) is 0 Å². The van der Waals surface area contributed by atoms with E-state index < -0.39 is 0 Å². The van der Waals surface area contributed by atoms with E-state index in [2.05, 4.69) is 6.92 Å². The van der Waals surface area contributed by atoms with Gasteiger partial charge in [0.1, 0.15) is 8.96 Å². The van der Waals surface area contributed by atoms with E-state index in [9.17, 15) is 0 Å².